The Labute approximate surface area is 114 Å². The Kier molecular flexibility index (Phi) is 7.81. The van der Waals surface area contributed by atoms with Gasteiger partial charge in [0.2, 0.25) is 0 Å². The third kappa shape index (κ3) is 5.25. The van der Waals surface area contributed by atoms with Crippen molar-refractivity contribution in [3.8, 4) is 5.75 Å². The lowest BCUT2D eigenvalue weighted by atomic mass is 10.2. The SMILES string of the molecule is CCCOCCOc1c(Cl)cccc1CNCC. The molecular weight excluding hydrogens is 250 g/mol. The van der Waals surface area contributed by atoms with Crippen LogP contribution in [0, 0.1) is 0 Å². The largest absolute Gasteiger partial charge is 0.489 e. The molecule has 1 aromatic rings. The highest BCUT2D eigenvalue weighted by atomic mass is 35.5. The number of rotatable bonds is 9. The van der Waals surface area contributed by atoms with E-state index in [4.69, 9.17) is 21.1 Å². The molecule has 0 aromatic heterocycles. The zero-order valence-corrected chi connectivity index (χ0v) is 11.9. The summed E-state index contributed by atoms with van der Waals surface area (Å²) >= 11 is 6.15. The minimum absolute atomic E-state index is 0.531. The molecule has 1 rings (SSSR count). The van der Waals surface area contributed by atoms with Crippen LogP contribution in [0.5, 0.6) is 5.75 Å². The van der Waals surface area contributed by atoms with E-state index in [2.05, 4.69) is 19.2 Å². The van der Waals surface area contributed by atoms with E-state index in [0.717, 1.165) is 37.4 Å². The third-order valence-electron chi connectivity index (χ3n) is 2.44. The summed E-state index contributed by atoms with van der Waals surface area (Å²) in [5.41, 5.74) is 1.08. The van der Waals surface area contributed by atoms with Gasteiger partial charge in [0.05, 0.1) is 11.6 Å². The van der Waals surface area contributed by atoms with E-state index in [-0.39, 0.29) is 0 Å². The van der Waals surface area contributed by atoms with Crippen molar-refractivity contribution >= 4 is 11.6 Å². The molecule has 0 aliphatic heterocycles. The van der Waals surface area contributed by atoms with Gasteiger partial charge in [0, 0.05) is 18.7 Å². The average molecular weight is 272 g/mol. The molecule has 0 saturated heterocycles. The summed E-state index contributed by atoms with van der Waals surface area (Å²) in [6.07, 6.45) is 1.03. The van der Waals surface area contributed by atoms with E-state index < -0.39 is 0 Å². The molecule has 0 saturated carbocycles. The Morgan fingerprint density at radius 1 is 1.17 bits per heavy atom. The summed E-state index contributed by atoms with van der Waals surface area (Å²) in [7, 11) is 0. The molecular formula is C14H22ClNO2. The van der Waals surface area contributed by atoms with Crippen LogP contribution in [0.3, 0.4) is 0 Å². The van der Waals surface area contributed by atoms with Crippen LogP contribution in [0.15, 0.2) is 18.2 Å². The fourth-order valence-corrected chi connectivity index (χ4v) is 1.81. The summed E-state index contributed by atoms with van der Waals surface area (Å²) in [6, 6.07) is 5.81. The fourth-order valence-electron chi connectivity index (χ4n) is 1.56. The van der Waals surface area contributed by atoms with Crippen molar-refractivity contribution < 1.29 is 9.47 Å². The number of hydrogen-bond donors (Lipinski definition) is 1. The zero-order chi connectivity index (χ0) is 13.2. The average Bonchev–Trinajstić information content (AvgIpc) is 2.38. The molecule has 0 atom stereocenters. The molecule has 1 N–H and O–H groups in total. The van der Waals surface area contributed by atoms with Gasteiger partial charge in [0.1, 0.15) is 12.4 Å². The monoisotopic (exact) mass is 271 g/mol. The Balaban J connectivity index is 2.50. The molecule has 0 heterocycles. The van der Waals surface area contributed by atoms with Crippen molar-refractivity contribution in [2.45, 2.75) is 26.8 Å². The molecule has 0 aliphatic rings. The summed E-state index contributed by atoms with van der Waals surface area (Å²) in [5, 5.41) is 3.93. The highest BCUT2D eigenvalue weighted by Crippen LogP contribution is 2.28. The van der Waals surface area contributed by atoms with Crippen LogP contribution in [0.1, 0.15) is 25.8 Å². The van der Waals surface area contributed by atoms with Crippen molar-refractivity contribution in [3.63, 3.8) is 0 Å². The van der Waals surface area contributed by atoms with E-state index in [1.165, 1.54) is 0 Å². The lowest BCUT2D eigenvalue weighted by molar-refractivity contribution is 0.100. The number of nitrogens with one attached hydrogen (secondary N) is 1. The van der Waals surface area contributed by atoms with Crippen molar-refractivity contribution in [3.05, 3.63) is 28.8 Å². The van der Waals surface area contributed by atoms with Crippen LogP contribution in [0.25, 0.3) is 0 Å². The molecule has 0 spiro atoms. The maximum Gasteiger partial charge on any atom is 0.142 e. The van der Waals surface area contributed by atoms with E-state index in [1.54, 1.807) is 0 Å². The van der Waals surface area contributed by atoms with Gasteiger partial charge in [-0.3, -0.25) is 0 Å². The maximum absolute atomic E-state index is 6.15. The number of hydrogen-bond acceptors (Lipinski definition) is 3. The second-order valence-electron chi connectivity index (χ2n) is 3.97. The molecule has 0 radical (unpaired) electrons. The first-order valence-electron chi connectivity index (χ1n) is 6.48. The van der Waals surface area contributed by atoms with Gasteiger partial charge in [-0.1, -0.05) is 37.6 Å². The molecule has 3 nitrogen and oxygen atoms in total. The van der Waals surface area contributed by atoms with Gasteiger partial charge in [0.25, 0.3) is 0 Å². The Morgan fingerprint density at radius 3 is 2.72 bits per heavy atom. The van der Waals surface area contributed by atoms with E-state index in [9.17, 15) is 0 Å². The maximum atomic E-state index is 6.15. The first kappa shape index (κ1) is 15.3. The van der Waals surface area contributed by atoms with Crippen LogP contribution in [-0.2, 0) is 11.3 Å². The van der Waals surface area contributed by atoms with Crippen LogP contribution in [0.2, 0.25) is 5.02 Å². The number of halogens is 1. The van der Waals surface area contributed by atoms with Gasteiger partial charge in [-0.2, -0.15) is 0 Å². The molecule has 1 aromatic carbocycles. The second-order valence-corrected chi connectivity index (χ2v) is 4.38. The van der Waals surface area contributed by atoms with E-state index >= 15 is 0 Å². The van der Waals surface area contributed by atoms with Gasteiger partial charge in [-0.05, 0) is 19.0 Å². The van der Waals surface area contributed by atoms with Gasteiger partial charge in [-0.15, -0.1) is 0 Å². The first-order chi connectivity index (χ1) is 8.79. The second kappa shape index (κ2) is 9.20. The molecule has 0 fully saturated rings. The zero-order valence-electron chi connectivity index (χ0n) is 11.2. The van der Waals surface area contributed by atoms with Crippen molar-refractivity contribution in [1.29, 1.82) is 0 Å². The Bertz CT molecular complexity index is 345. The van der Waals surface area contributed by atoms with Gasteiger partial charge in [0.15, 0.2) is 0 Å². The Hall–Kier alpha value is -0.770. The lowest BCUT2D eigenvalue weighted by Crippen LogP contribution is -2.14. The standard InChI is InChI=1S/C14H22ClNO2/c1-3-8-17-9-10-18-14-12(11-16-4-2)6-5-7-13(14)15/h5-7,16H,3-4,8-11H2,1-2H3. The van der Waals surface area contributed by atoms with Gasteiger partial charge in [-0.25, -0.2) is 0 Å². The summed E-state index contributed by atoms with van der Waals surface area (Å²) in [4.78, 5) is 0. The minimum atomic E-state index is 0.531. The van der Waals surface area contributed by atoms with Gasteiger partial charge >= 0.3 is 0 Å². The van der Waals surface area contributed by atoms with Crippen LogP contribution in [0.4, 0.5) is 0 Å². The van der Waals surface area contributed by atoms with Crippen LogP contribution >= 0.6 is 11.6 Å². The highest BCUT2D eigenvalue weighted by Gasteiger charge is 2.07. The van der Waals surface area contributed by atoms with E-state index in [0.29, 0.717) is 18.2 Å². The van der Waals surface area contributed by atoms with Gasteiger partial charge < -0.3 is 14.8 Å². The summed E-state index contributed by atoms with van der Waals surface area (Å²) in [5.74, 6) is 0.764. The predicted molar refractivity (Wildman–Crippen MR) is 75.4 cm³/mol. The molecule has 18 heavy (non-hydrogen) atoms. The minimum Gasteiger partial charge on any atom is -0.489 e. The lowest BCUT2D eigenvalue weighted by Gasteiger charge is -2.13. The van der Waals surface area contributed by atoms with E-state index in [1.807, 2.05) is 18.2 Å². The predicted octanol–water partition coefficient (Wildman–Crippen LogP) is 3.25. The number of ether oxygens (including phenoxy) is 2. The number of para-hydroxylation sites is 1. The molecule has 102 valence electrons. The summed E-state index contributed by atoms with van der Waals surface area (Å²) in [6.45, 7) is 7.75. The van der Waals surface area contributed by atoms with Crippen molar-refractivity contribution in [2.75, 3.05) is 26.4 Å². The molecule has 0 bridgehead atoms. The highest BCUT2D eigenvalue weighted by molar-refractivity contribution is 6.32. The van der Waals surface area contributed by atoms with Crippen LogP contribution in [-0.4, -0.2) is 26.4 Å². The molecule has 0 unspecified atom stereocenters. The van der Waals surface area contributed by atoms with Crippen molar-refractivity contribution in [1.82, 2.24) is 5.32 Å². The van der Waals surface area contributed by atoms with Crippen molar-refractivity contribution in [2.24, 2.45) is 0 Å². The normalized spacial score (nSPS) is 10.6. The quantitative estimate of drug-likeness (QED) is 0.700. The molecule has 0 aliphatic carbocycles. The first-order valence-corrected chi connectivity index (χ1v) is 6.86. The smallest absolute Gasteiger partial charge is 0.142 e. The fraction of sp³-hybridized carbons (Fsp3) is 0.571. The molecule has 0 amide bonds. The summed E-state index contributed by atoms with van der Waals surface area (Å²) < 4.78 is 11.1. The molecule has 4 heteroatoms. The number of benzene rings is 1. The topological polar surface area (TPSA) is 30.5 Å². The third-order valence-corrected chi connectivity index (χ3v) is 2.73. The Morgan fingerprint density at radius 2 is 2.00 bits per heavy atom. The van der Waals surface area contributed by atoms with Crippen LogP contribution < -0.4 is 10.1 Å².